The summed E-state index contributed by atoms with van der Waals surface area (Å²) in [6.07, 6.45) is 4.71. The van der Waals surface area contributed by atoms with Crippen molar-refractivity contribution in [3.8, 4) is 0 Å². The topological polar surface area (TPSA) is 44.8 Å². The van der Waals surface area contributed by atoms with Gasteiger partial charge in [0.1, 0.15) is 5.60 Å². The molecule has 2 aliphatic heterocycles. The number of likely N-dealkylation sites (tertiary alicyclic amines) is 1. The van der Waals surface area contributed by atoms with Crippen molar-refractivity contribution in [2.75, 3.05) is 39.3 Å². The molecule has 0 radical (unpaired) electrons. The zero-order valence-corrected chi connectivity index (χ0v) is 15.3. The maximum Gasteiger partial charge on any atom is 0.410 e. The third-order valence-corrected chi connectivity index (χ3v) is 5.87. The van der Waals surface area contributed by atoms with Crippen molar-refractivity contribution in [3.63, 3.8) is 0 Å². The van der Waals surface area contributed by atoms with Gasteiger partial charge in [-0.1, -0.05) is 0 Å². The average molecular weight is 323 g/mol. The number of hydrogen-bond acceptors (Lipinski definition) is 4. The third-order valence-electron chi connectivity index (χ3n) is 5.87. The molecule has 1 N–H and O–H groups in total. The number of nitrogens with zero attached hydrogens (tertiary/aromatic N) is 2. The fourth-order valence-corrected chi connectivity index (χ4v) is 4.84. The van der Waals surface area contributed by atoms with Gasteiger partial charge in [-0.25, -0.2) is 4.79 Å². The molecular formula is C18H33N3O2. The second kappa shape index (κ2) is 5.92. The highest BCUT2D eigenvalue weighted by Crippen LogP contribution is 2.57. The molecule has 23 heavy (non-hydrogen) atoms. The first-order valence-electron chi connectivity index (χ1n) is 9.15. The molecule has 5 heteroatoms. The summed E-state index contributed by atoms with van der Waals surface area (Å²) in [6.45, 7) is 14.5. The van der Waals surface area contributed by atoms with Crippen LogP contribution in [0.4, 0.5) is 4.79 Å². The molecule has 0 atom stereocenters. The smallest absolute Gasteiger partial charge is 0.410 e. The molecule has 0 aromatic rings. The van der Waals surface area contributed by atoms with Crippen LogP contribution in [0.1, 0.15) is 53.4 Å². The van der Waals surface area contributed by atoms with Crippen molar-refractivity contribution in [1.29, 1.82) is 0 Å². The molecule has 1 spiro atoms. The summed E-state index contributed by atoms with van der Waals surface area (Å²) in [7, 11) is 0. The molecule has 132 valence electrons. The molecular weight excluding hydrogens is 290 g/mol. The van der Waals surface area contributed by atoms with E-state index in [4.69, 9.17) is 4.74 Å². The lowest BCUT2D eigenvalue weighted by Gasteiger charge is -2.62. The van der Waals surface area contributed by atoms with E-state index in [-0.39, 0.29) is 6.09 Å². The van der Waals surface area contributed by atoms with E-state index in [0.717, 1.165) is 39.0 Å². The minimum Gasteiger partial charge on any atom is -0.444 e. The quantitative estimate of drug-likeness (QED) is 0.805. The number of nitrogens with one attached hydrogen (secondary N) is 1. The van der Waals surface area contributed by atoms with E-state index in [1.807, 2.05) is 25.7 Å². The number of carbonyl (C=O) groups is 1. The zero-order valence-electron chi connectivity index (χ0n) is 15.3. The van der Waals surface area contributed by atoms with Crippen molar-refractivity contribution in [2.24, 2.45) is 5.41 Å². The van der Waals surface area contributed by atoms with Gasteiger partial charge in [0.15, 0.2) is 0 Å². The SMILES string of the molecule is CC(C)(C)OC(=O)N1CCC2(CC1)CC(C)(N1CCNCC1)C2. The maximum atomic E-state index is 12.2. The normalized spacial score (nSPS) is 27.6. The van der Waals surface area contributed by atoms with Gasteiger partial charge in [0.2, 0.25) is 0 Å². The van der Waals surface area contributed by atoms with Gasteiger partial charge in [0.25, 0.3) is 0 Å². The highest BCUT2D eigenvalue weighted by Gasteiger charge is 2.55. The van der Waals surface area contributed by atoms with E-state index in [2.05, 4.69) is 17.1 Å². The van der Waals surface area contributed by atoms with Gasteiger partial charge in [-0.2, -0.15) is 0 Å². The molecule has 5 nitrogen and oxygen atoms in total. The summed E-state index contributed by atoms with van der Waals surface area (Å²) < 4.78 is 5.50. The Morgan fingerprint density at radius 1 is 1.04 bits per heavy atom. The van der Waals surface area contributed by atoms with Crippen LogP contribution in [0, 0.1) is 5.41 Å². The average Bonchev–Trinajstić information content (AvgIpc) is 2.45. The van der Waals surface area contributed by atoms with E-state index in [1.54, 1.807) is 0 Å². The van der Waals surface area contributed by atoms with E-state index < -0.39 is 5.60 Å². The second-order valence-electron chi connectivity index (χ2n) is 9.05. The molecule has 3 aliphatic rings. The zero-order chi connectivity index (χ0) is 16.7. The largest absolute Gasteiger partial charge is 0.444 e. The van der Waals surface area contributed by atoms with Crippen LogP contribution in [-0.4, -0.2) is 66.3 Å². The molecule has 2 saturated heterocycles. The molecule has 0 bridgehead atoms. The Hall–Kier alpha value is -0.810. The predicted octanol–water partition coefficient (Wildman–Crippen LogP) is 2.46. The van der Waals surface area contributed by atoms with Crippen LogP contribution in [0.25, 0.3) is 0 Å². The van der Waals surface area contributed by atoms with Crippen LogP contribution in [0.2, 0.25) is 0 Å². The second-order valence-corrected chi connectivity index (χ2v) is 9.05. The minimum atomic E-state index is -0.399. The van der Waals surface area contributed by atoms with E-state index in [0.29, 0.717) is 11.0 Å². The lowest BCUT2D eigenvalue weighted by atomic mass is 9.53. The molecule has 1 saturated carbocycles. The van der Waals surface area contributed by atoms with E-state index in [1.165, 1.54) is 25.9 Å². The first-order chi connectivity index (χ1) is 10.7. The van der Waals surface area contributed by atoms with Crippen LogP contribution in [0.15, 0.2) is 0 Å². The van der Waals surface area contributed by atoms with Crippen molar-refractivity contribution in [1.82, 2.24) is 15.1 Å². The monoisotopic (exact) mass is 323 g/mol. The lowest BCUT2D eigenvalue weighted by molar-refractivity contribution is -0.105. The number of piperazine rings is 1. The van der Waals surface area contributed by atoms with Gasteiger partial charge in [0, 0.05) is 44.8 Å². The van der Waals surface area contributed by atoms with Crippen LogP contribution >= 0.6 is 0 Å². The molecule has 1 aliphatic carbocycles. The Kier molecular flexibility index (Phi) is 4.38. The van der Waals surface area contributed by atoms with E-state index in [9.17, 15) is 4.79 Å². The highest BCUT2D eigenvalue weighted by atomic mass is 16.6. The van der Waals surface area contributed by atoms with Crippen molar-refractivity contribution >= 4 is 6.09 Å². The van der Waals surface area contributed by atoms with Crippen molar-refractivity contribution < 1.29 is 9.53 Å². The first-order valence-corrected chi connectivity index (χ1v) is 9.15. The molecule has 2 heterocycles. The van der Waals surface area contributed by atoms with Gasteiger partial charge in [-0.15, -0.1) is 0 Å². The Morgan fingerprint density at radius 3 is 2.13 bits per heavy atom. The van der Waals surface area contributed by atoms with Gasteiger partial charge in [-0.3, -0.25) is 4.90 Å². The van der Waals surface area contributed by atoms with Crippen molar-refractivity contribution in [2.45, 2.75) is 64.5 Å². The molecule has 1 amide bonds. The minimum absolute atomic E-state index is 0.142. The Balaban J connectivity index is 1.49. The van der Waals surface area contributed by atoms with Gasteiger partial charge >= 0.3 is 6.09 Å². The first kappa shape index (κ1) is 17.0. The third kappa shape index (κ3) is 3.66. The Morgan fingerprint density at radius 2 is 1.61 bits per heavy atom. The van der Waals surface area contributed by atoms with E-state index >= 15 is 0 Å². The van der Waals surface area contributed by atoms with Crippen LogP contribution in [0.5, 0.6) is 0 Å². The van der Waals surface area contributed by atoms with Crippen LogP contribution < -0.4 is 5.32 Å². The molecule has 0 unspecified atom stereocenters. The number of piperidine rings is 1. The number of rotatable bonds is 1. The summed E-state index contributed by atoms with van der Waals surface area (Å²) in [5, 5.41) is 3.44. The highest BCUT2D eigenvalue weighted by molar-refractivity contribution is 5.68. The number of amides is 1. The predicted molar refractivity (Wildman–Crippen MR) is 91.6 cm³/mol. The Labute approximate surface area is 140 Å². The summed E-state index contributed by atoms with van der Waals surface area (Å²) in [5.74, 6) is 0. The number of carbonyl (C=O) groups excluding carboxylic acids is 1. The summed E-state index contributed by atoms with van der Waals surface area (Å²) >= 11 is 0. The standard InChI is InChI=1S/C18H33N3O2/c1-16(2,3)23-15(22)20-9-5-18(6-10-20)13-17(4,14-18)21-11-7-19-8-12-21/h19H,5-14H2,1-4H3. The van der Waals surface area contributed by atoms with Crippen molar-refractivity contribution in [3.05, 3.63) is 0 Å². The summed E-state index contributed by atoms with van der Waals surface area (Å²) in [4.78, 5) is 16.8. The molecule has 0 aromatic heterocycles. The molecule has 0 aromatic carbocycles. The molecule has 3 rings (SSSR count). The fourth-order valence-electron chi connectivity index (χ4n) is 4.84. The summed E-state index contributed by atoms with van der Waals surface area (Å²) in [6, 6.07) is 0. The maximum absolute atomic E-state index is 12.2. The Bertz CT molecular complexity index is 436. The molecule has 3 fully saturated rings. The van der Waals surface area contributed by atoms with Gasteiger partial charge in [0.05, 0.1) is 0 Å². The van der Waals surface area contributed by atoms with Gasteiger partial charge < -0.3 is 15.0 Å². The number of ether oxygens (including phenoxy) is 1. The summed E-state index contributed by atoms with van der Waals surface area (Å²) in [5.41, 5.74) is 0.456. The van der Waals surface area contributed by atoms with Crippen LogP contribution in [0.3, 0.4) is 0 Å². The lowest BCUT2D eigenvalue weighted by Crippen LogP contribution is -2.65. The number of hydrogen-bond donors (Lipinski definition) is 1. The fraction of sp³-hybridized carbons (Fsp3) is 0.944. The van der Waals surface area contributed by atoms with Gasteiger partial charge in [-0.05, 0) is 58.8 Å². The van der Waals surface area contributed by atoms with Crippen LogP contribution in [-0.2, 0) is 4.74 Å².